The first-order chi connectivity index (χ1) is 11.4. The Bertz CT molecular complexity index is 736. The van der Waals surface area contributed by atoms with Crippen molar-refractivity contribution in [3.05, 3.63) is 42.0 Å². The van der Waals surface area contributed by atoms with Crippen molar-refractivity contribution in [1.82, 2.24) is 20.1 Å². The molecule has 6 heteroatoms. The lowest BCUT2D eigenvalue weighted by Crippen LogP contribution is -2.39. The van der Waals surface area contributed by atoms with Crippen LogP contribution in [-0.2, 0) is 23.7 Å². The molecule has 0 aliphatic heterocycles. The molecule has 1 heterocycles. The van der Waals surface area contributed by atoms with E-state index in [9.17, 15) is 4.79 Å². The highest BCUT2D eigenvalue weighted by atomic mass is 16.5. The predicted molar refractivity (Wildman–Crippen MR) is 90.8 cm³/mol. The summed E-state index contributed by atoms with van der Waals surface area (Å²) < 4.78 is 6.95. The molecule has 1 atom stereocenters. The van der Waals surface area contributed by atoms with Crippen LogP contribution in [0.2, 0.25) is 0 Å². The van der Waals surface area contributed by atoms with Crippen LogP contribution in [0, 0.1) is 5.41 Å². The number of aromatic nitrogens is 3. The number of amides is 1. The molecular formula is C18H24N4O2. The number of carbonyl (C=O) groups is 1. The number of hydrogen-bond acceptors (Lipinski definition) is 4. The summed E-state index contributed by atoms with van der Waals surface area (Å²) in [4.78, 5) is 17.1. The predicted octanol–water partition coefficient (Wildman–Crippen LogP) is 1.85. The van der Waals surface area contributed by atoms with Crippen molar-refractivity contribution in [3.63, 3.8) is 0 Å². The largest absolute Gasteiger partial charge is 0.497 e. The SMILES string of the molecule is COc1ccc([C@@]2(C(=O)NCCc3ncnn3C)CC2(C)C)cc1. The summed E-state index contributed by atoms with van der Waals surface area (Å²) in [5, 5.41) is 7.13. The minimum absolute atomic E-state index is 0.0452. The van der Waals surface area contributed by atoms with E-state index in [-0.39, 0.29) is 11.3 Å². The van der Waals surface area contributed by atoms with Crippen LogP contribution in [-0.4, -0.2) is 34.3 Å². The molecule has 1 fully saturated rings. The molecule has 1 aromatic carbocycles. The Morgan fingerprint density at radius 2 is 2.00 bits per heavy atom. The van der Waals surface area contributed by atoms with Crippen LogP contribution in [0.1, 0.15) is 31.7 Å². The summed E-state index contributed by atoms with van der Waals surface area (Å²) in [6, 6.07) is 7.82. The highest BCUT2D eigenvalue weighted by molar-refractivity contribution is 5.93. The fourth-order valence-electron chi connectivity index (χ4n) is 3.49. The number of hydrogen-bond donors (Lipinski definition) is 1. The molecule has 1 N–H and O–H groups in total. The van der Waals surface area contributed by atoms with E-state index >= 15 is 0 Å². The molecule has 1 aromatic heterocycles. The fraction of sp³-hybridized carbons (Fsp3) is 0.500. The molecule has 1 amide bonds. The minimum Gasteiger partial charge on any atom is -0.497 e. The third kappa shape index (κ3) is 2.66. The summed E-state index contributed by atoms with van der Waals surface area (Å²) in [6.07, 6.45) is 3.05. The van der Waals surface area contributed by atoms with Gasteiger partial charge in [-0.2, -0.15) is 5.10 Å². The number of rotatable bonds is 6. The number of carbonyl (C=O) groups excluding carboxylic acids is 1. The van der Waals surface area contributed by atoms with E-state index < -0.39 is 5.41 Å². The number of benzene rings is 1. The van der Waals surface area contributed by atoms with Gasteiger partial charge in [-0.25, -0.2) is 4.98 Å². The maximum Gasteiger partial charge on any atom is 0.231 e. The van der Waals surface area contributed by atoms with Gasteiger partial charge in [0.15, 0.2) is 0 Å². The standard InChI is InChI=1S/C18H24N4O2/c1-17(2)11-18(17,13-5-7-14(24-4)8-6-13)16(23)19-10-9-15-20-12-21-22(15)3/h5-8,12H,9-11H2,1-4H3,(H,19,23)/t18-/m1/s1. The zero-order valence-electron chi connectivity index (χ0n) is 14.7. The Balaban J connectivity index is 1.71. The Hall–Kier alpha value is -2.37. The zero-order chi connectivity index (χ0) is 17.4. The average Bonchev–Trinajstić information content (AvgIpc) is 2.93. The van der Waals surface area contributed by atoms with Crippen molar-refractivity contribution in [2.24, 2.45) is 12.5 Å². The van der Waals surface area contributed by atoms with Crippen molar-refractivity contribution in [2.75, 3.05) is 13.7 Å². The Morgan fingerprint density at radius 1 is 1.33 bits per heavy atom. The molecule has 0 radical (unpaired) electrons. The van der Waals surface area contributed by atoms with Gasteiger partial charge in [0.25, 0.3) is 0 Å². The van der Waals surface area contributed by atoms with Gasteiger partial charge in [-0.1, -0.05) is 26.0 Å². The fourth-order valence-corrected chi connectivity index (χ4v) is 3.49. The number of nitrogens with zero attached hydrogens (tertiary/aromatic N) is 3. The molecule has 128 valence electrons. The van der Waals surface area contributed by atoms with E-state index in [1.165, 1.54) is 6.33 Å². The van der Waals surface area contributed by atoms with Crippen molar-refractivity contribution < 1.29 is 9.53 Å². The molecule has 24 heavy (non-hydrogen) atoms. The Morgan fingerprint density at radius 3 is 2.50 bits per heavy atom. The van der Waals surface area contributed by atoms with E-state index in [1.807, 2.05) is 31.3 Å². The minimum atomic E-state index is -0.459. The second-order valence-corrected chi connectivity index (χ2v) is 7.00. The number of ether oxygens (including phenoxy) is 1. The van der Waals surface area contributed by atoms with Crippen LogP contribution < -0.4 is 10.1 Å². The molecule has 0 unspecified atom stereocenters. The van der Waals surface area contributed by atoms with Gasteiger partial charge in [-0.15, -0.1) is 0 Å². The first kappa shape index (κ1) is 16.5. The molecule has 1 saturated carbocycles. The Kier molecular flexibility index (Phi) is 4.07. The Labute approximate surface area is 142 Å². The normalized spacial score (nSPS) is 21.3. The first-order valence-corrected chi connectivity index (χ1v) is 8.16. The van der Waals surface area contributed by atoms with Gasteiger partial charge in [0.2, 0.25) is 5.91 Å². The molecule has 6 nitrogen and oxygen atoms in total. The molecule has 2 aromatic rings. The van der Waals surface area contributed by atoms with E-state index in [0.717, 1.165) is 23.6 Å². The summed E-state index contributed by atoms with van der Waals surface area (Å²) >= 11 is 0. The lowest BCUT2D eigenvalue weighted by molar-refractivity contribution is -0.124. The number of aryl methyl sites for hydroxylation is 1. The van der Waals surface area contributed by atoms with Gasteiger partial charge in [0, 0.05) is 20.0 Å². The maximum atomic E-state index is 12.9. The van der Waals surface area contributed by atoms with Gasteiger partial charge >= 0.3 is 0 Å². The zero-order valence-corrected chi connectivity index (χ0v) is 14.7. The maximum absolute atomic E-state index is 12.9. The van der Waals surface area contributed by atoms with Crippen LogP contribution in [0.5, 0.6) is 5.75 Å². The van der Waals surface area contributed by atoms with Gasteiger partial charge in [-0.05, 0) is 29.5 Å². The average molecular weight is 328 g/mol. The van der Waals surface area contributed by atoms with Crippen molar-refractivity contribution >= 4 is 5.91 Å². The van der Waals surface area contributed by atoms with Crippen LogP contribution in [0.15, 0.2) is 30.6 Å². The van der Waals surface area contributed by atoms with Crippen molar-refractivity contribution in [2.45, 2.75) is 32.1 Å². The smallest absolute Gasteiger partial charge is 0.231 e. The van der Waals surface area contributed by atoms with Crippen molar-refractivity contribution in [1.29, 1.82) is 0 Å². The van der Waals surface area contributed by atoms with E-state index in [1.54, 1.807) is 11.8 Å². The topological polar surface area (TPSA) is 69.0 Å². The molecule has 0 saturated heterocycles. The third-order valence-electron chi connectivity index (χ3n) is 5.15. The second-order valence-electron chi connectivity index (χ2n) is 7.00. The summed E-state index contributed by atoms with van der Waals surface area (Å²) in [6.45, 7) is 4.83. The summed E-state index contributed by atoms with van der Waals surface area (Å²) in [5.74, 6) is 1.75. The molecule has 0 spiro atoms. The van der Waals surface area contributed by atoms with Gasteiger partial charge in [-0.3, -0.25) is 9.48 Å². The third-order valence-corrected chi connectivity index (χ3v) is 5.15. The van der Waals surface area contributed by atoms with Gasteiger partial charge in [0.1, 0.15) is 17.9 Å². The second kappa shape index (κ2) is 5.92. The van der Waals surface area contributed by atoms with Crippen LogP contribution >= 0.6 is 0 Å². The highest BCUT2D eigenvalue weighted by Gasteiger charge is 2.66. The number of nitrogens with one attached hydrogen (secondary N) is 1. The molecule has 0 bridgehead atoms. The quantitative estimate of drug-likeness (QED) is 0.879. The van der Waals surface area contributed by atoms with Gasteiger partial charge in [0.05, 0.1) is 12.5 Å². The van der Waals surface area contributed by atoms with Gasteiger partial charge < -0.3 is 10.1 Å². The molecule has 1 aliphatic rings. The first-order valence-electron chi connectivity index (χ1n) is 8.16. The lowest BCUT2D eigenvalue weighted by Gasteiger charge is -2.21. The highest BCUT2D eigenvalue weighted by Crippen LogP contribution is 2.64. The van der Waals surface area contributed by atoms with E-state index in [0.29, 0.717) is 13.0 Å². The molecule has 1 aliphatic carbocycles. The van der Waals surface area contributed by atoms with E-state index in [2.05, 4.69) is 29.2 Å². The molecule has 3 rings (SSSR count). The number of methoxy groups -OCH3 is 1. The van der Waals surface area contributed by atoms with Crippen molar-refractivity contribution in [3.8, 4) is 5.75 Å². The van der Waals surface area contributed by atoms with Crippen LogP contribution in [0.4, 0.5) is 0 Å². The van der Waals surface area contributed by atoms with Crippen LogP contribution in [0.25, 0.3) is 0 Å². The van der Waals surface area contributed by atoms with E-state index in [4.69, 9.17) is 4.74 Å². The molecular weight excluding hydrogens is 304 g/mol. The summed E-state index contributed by atoms with van der Waals surface area (Å²) in [5.41, 5.74) is 0.541. The lowest BCUT2D eigenvalue weighted by atomic mass is 9.87. The monoisotopic (exact) mass is 328 g/mol. The van der Waals surface area contributed by atoms with Crippen LogP contribution in [0.3, 0.4) is 0 Å². The summed E-state index contributed by atoms with van der Waals surface area (Å²) in [7, 11) is 3.50.